The second-order valence-electron chi connectivity index (χ2n) is 38.8. The molecule has 0 aliphatic heterocycles. The average Bonchev–Trinajstić information content (AvgIpc) is 0.841. The summed E-state index contributed by atoms with van der Waals surface area (Å²) in [7, 11) is 0. The van der Waals surface area contributed by atoms with Crippen LogP contribution in [0.15, 0.2) is 97.1 Å². The summed E-state index contributed by atoms with van der Waals surface area (Å²) >= 11 is 0. The summed E-state index contributed by atoms with van der Waals surface area (Å²) in [6, 6.07) is 48.2. The Morgan fingerprint density at radius 2 is 0.402 bits per heavy atom. The van der Waals surface area contributed by atoms with Gasteiger partial charge in [0, 0.05) is 33.7 Å². The summed E-state index contributed by atoms with van der Waals surface area (Å²) in [5, 5.41) is 0. The molecular weight excluding hydrogens is 1690 g/mol. The summed E-state index contributed by atoms with van der Waals surface area (Å²) in [5.41, 5.74) is 23.7. The first-order valence-electron chi connectivity index (χ1n) is 45.4. The number of rotatable bonds is 20. The second kappa shape index (κ2) is 63.8. The monoisotopic (exact) mass is 1860 g/mol. The fourth-order valence-electron chi connectivity index (χ4n) is 22.2. The third-order valence-corrected chi connectivity index (χ3v) is 30.8. The van der Waals surface area contributed by atoms with Crippen molar-refractivity contribution in [2.45, 2.75) is 375 Å². The molecular formula is C109H164B4Rb4. The minimum Gasteiger partial charge on any atom is -0.184 e. The smallest absolute Gasteiger partial charge is 0.184 e. The van der Waals surface area contributed by atoms with E-state index in [0.717, 1.165) is 108 Å². The quantitative estimate of drug-likeness (QED) is 0.0528. The Bertz CT molecular complexity index is 3510. The van der Waals surface area contributed by atoms with E-state index in [9.17, 15) is 0 Å². The Morgan fingerprint density at radius 1 is 0.222 bits per heavy atom. The molecule has 117 heavy (non-hydrogen) atoms. The van der Waals surface area contributed by atoms with Crippen molar-refractivity contribution in [3.8, 4) is 0 Å². The SMILES string of the molecule is C.C.C.Cc1[c-]ccc(CC2CCC(CC3CCC(C)CC3)CC2)c1C.Cc1[c-]ccc(CC2CCC(CC3CCC(CC4CCC(C)CC4)CC3)CC2)c1C.Cc1c(Cc2cc[c-]cc2)ccc(CC2CCC(C)CC2)c1C.Cc1c(Cc2cc[c-]cc2)ccc(CC2CCC(CC3CCC(C)CC3)CC2)c1C.[B].[B].[B].[B].[Rb+].[Rb+].[Rb+].[Rb+]. The third-order valence-electron chi connectivity index (χ3n) is 30.8. The zero-order valence-electron chi connectivity index (χ0n) is 76.5. The minimum atomic E-state index is 0. The molecule has 0 saturated heterocycles. The summed E-state index contributed by atoms with van der Waals surface area (Å²) in [6.45, 7) is 28.0. The molecule has 0 heterocycles. The summed E-state index contributed by atoms with van der Waals surface area (Å²) in [4.78, 5) is 0. The van der Waals surface area contributed by atoms with Crippen LogP contribution in [-0.4, -0.2) is 33.7 Å². The molecule has 6 aromatic rings. The van der Waals surface area contributed by atoms with Crippen molar-refractivity contribution in [2.24, 2.45) is 94.7 Å². The maximum absolute atomic E-state index is 3.36. The van der Waals surface area contributed by atoms with Gasteiger partial charge in [0.05, 0.1) is 0 Å². The van der Waals surface area contributed by atoms with Gasteiger partial charge in [0.2, 0.25) is 0 Å². The van der Waals surface area contributed by atoms with Crippen LogP contribution in [0.25, 0.3) is 0 Å². The predicted molar refractivity (Wildman–Crippen MR) is 500 cm³/mol. The van der Waals surface area contributed by atoms with E-state index in [2.05, 4.69) is 180 Å². The van der Waals surface area contributed by atoms with E-state index in [1.165, 1.54) is 285 Å². The zero-order chi connectivity index (χ0) is 74.3. The van der Waals surface area contributed by atoms with Gasteiger partial charge in [-0.1, -0.05) is 256 Å². The van der Waals surface area contributed by atoms with Crippen LogP contribution in [0.5, 0.6) is 0 Å². The molecule has 6 aromatic carbocycles. The molecule has 14 rings (SSSR count). The fraction of sp³-hybridized carbons (Fsp3) is 0.670. The standard InChI is InChI=1S/C30H47.C30H41.C23H35.C23H29.3CH4.4B.4Rb/c1-22-7-9-25(10-8-22)19-26-11-13-27(14-12-26)20-28-15-17-29(18-16-28)21-30-6-4-5-23(2)24(30)3;1-22-9-11-26(12-10-22)19-27-13-15-28(16-14-27)21-30-18-17-29(23(2)24(30)3)20-25-7-5-4-6-8-25;1-17-7-9-20(10-8-17)15-21-11-13-22(14-12-21)16-23-6-4-5-18(2)19(23)3;1-17-9-11-21(12-10-17)16-23-14-13-22(18(2)19(23)3)15-20-7-5-4-6-8-20;;;;;;;;;;;/h4,6,22,25-29H,7-21H2,1-3H3;5-8,17-18,22,26-28H,9-16,19-21H2,1-3H3;4,6,17,20-22H,7-16H2,1-3H3;5-8,13-14,17,21H,9-12,15-16H2,1-3H3;3*1H4;;;;;;;;/q4*-1;;;;;;;;4*+1. The van der Waals surface area contributed by atoms with Crippen molar-refractivity contribution in [1.29, 1.82) is 0 Å². The summed E-state index contributed by atoms with van der Waals surface area (Å²) in [6.07, 6.45) is 61.1. The number of benzene rings is 6. The molecule has 0 nitrogen and oxygen atoms in total. The Morgan fingerprint density at radius 3 is 0.632 bits per heavy atom. The van der Waals surface area contributed by atoms with Crippen LogP contribution in [0.3, 0.4) is 0 Å². The number of hydrogen-bond acceptors (Lipinski definition) is 0. The van der Waals surface area contributed by atoms with Gasteiger partial charge in [-0.05, 0) is 282 Å². The first-order valence-corrected chi connectivity index (χ1v) is 45.4. The maximum Gasteiger partial charge on any atom is 1.00 e. The van der Waals surface area contributed by atoms with Gasteiger partial charge in [-0.15, -0.1) is 0 Å². The molecule has 0 amide bonds. The molecule has 0 unspecified atom stereocenters. The molecule has 616 valence electrons. The predicted octanol–water partition coefficient (Wildman–Crippen LogP) is 18.3. The van der Waals surface area contributed by atoms with Gasteiger partial charge in [0.1, 0.15) is 0 Å². The van der Waals surface area contributed by atoms with Crippen molar-refractivity contribution < 1.29 is 233 Å². The topological polar surface area (TPSA) is 0 Å². The van der Waals surface area contributed by atoms with Crippen molar-refractivity contribution >= 4 is 33.7 Å². The number of aryl methyl sites for hydroxylation is 2. The van der Waals surface area contributed by atoms with E-state index in [0.29, 0.717) is 0 Å². The molecule has 0 spiro atoms. The fourth-order valence-corrected chi connectivity index (χ4v) is 22.2. The van der Waals surface area contributed by atoms with Crippen molar-refractivity contribution in [3.05, 3.63) is 210 Å². The normalized spacial score (nSPS) is 26.5. The molecule has 8 fully saturated rings. The van der Waals surface area contributed by atoms with Crippen LogP contribution >= 0.6 is 0 Å². The van der Waals surface area contributed by atoms with Crippen LogP contribution in [0.1, 0.15) is 370 Å². The first-order chi connectivity index (χ1) is 51.4. The third kappa shape index (κ3) is 40.2. The molecule has 8 heteroatoms. The van der Waals surface area contributed by atoms with Crippen molar-refractivity contribution in [1.82, 2.24) is 0 Å². The van der Waals surface area contributed by atoms with Gasteiger partial charge in [-0.25, -0.2) is 0 Å². The van der Waals surface area contributed by atoms with Crippen LogP contribution in [-0.2, 0) is 38.5 Å². The molecule has 0 aromatic heterocycles. The van der Waals surface area contributed by atoms with Gasteiger partial charge in [-0.2, -0.15) is 142 Å². The van der Waals surface area contributed by atoms with E-state index in [1.807, 2.05) is 24.3 Å². The minimum absolute atomic E-state index is 0. The Hall–Kier alpha value is 2.80. The Balaban J connectivity index is 0.00000150. The zero-order valence-corrected chi connectivity index (χ0v) is 96.1. The number of hydrogen-bond donors (Lipinski definition) is 0. The van der Waals surface area contributed by atoms with E-state index in [4.69, 9.17) is 0 Å². The molecule has 8 aliphatic rings. The van der Waals surface area contributed by atoms with Crippen LogP contribution in [0.2, 0.25) is 0 Å². The van der Waals surface area contributed by atoms with Gasteiger partial charge in [-0.3, -0.25) is 0 Å². The largest absolute Gasteiger partial charge is 1.00 e. The van der Waals surface area contributed by atoms with Gasteiger partial charge in [0.25, 0.3) is 0 Å². The Labute approximate surface area is 930 Å². The van der Waals surface area contributed by atoms with Crippen molar-refractivity contribution in [3.63, 3.8) is 0 Å². The first kappa shape index (κ1) is 120. The molecule has 0 atom stereocenters. The van der Waals surface area contributed by atoms with E-state index in [1.54, 1.807) is 60.8 Å². The van der Waals surface area contributed by atoms with Crippen LogP contribution < -0.4 is 233 Å². The molecule has 12 radical (unpaired) electrons. The van der Waals surface area contributed by atoms with Gasteiger partial charge in [0.15, 0.2) is 0 Å². The summed E-state index contributed by atoms with van der Waals surface area (Å²) < 4.78 is 0. The molecule has 0 N–H and O–H groups in total. The van der Waals surface area contributed by atoms with Crippen LogP contribution in [0.4, 0.5) is 0 Å². The van der Waals surface area contributed by atoms with Gasteiger partial charge < -0.3 is 0 Å². The Kier molecular flexibility index (Phi) is 65.3. The van der Waals surface area contributed by atoms with Gasteiger partial charge >= 0.3 is 233 Å². The van der Waals surface area contributed by atoms with Crippen LogP contribution in [0, 0.1) is 174 Å². The van der Waals surface area contributed by atoms with E-state index >= 15 is 0 Å². The van der Waals surface area contributed by atoms with E-state index in [-0.39, 0.29) is 289 Å². The average molecular weight is 1860 g/mol. The molecule has 8 aliphatic carbocycles. The molecule has 0 bridgehead atoms. The maximum atomic E-state index is 3.36. The van der Waals surface area contributed by atoms with Crippen molar-refractivity contribution in [2.75, 3.05) is 0 Å². The second-order valence-corrected chi connectivity index (χ2v) is 38.8. The summed E-state index contributed by atoms with van der Waals surface area (Å²) in [5.74, 6) is 16.0. The molecule has 8 saturated carbocycles. The van der Waals surface area contributed by atoms with E-state index < -0.39 is 0 Å².